The molecule has 1 saturated carbocycles. The molecule has 4 unspecified atom stereocenters. The predicted molar refractivity (Wildman–Crippen MR) is 80.2 cm³/mol. The number of allylic oxidation sites excluding steroid dienone is 2. The number of nitrogens with one attached hydrogen (secondary N) is 1. The van der Waals surface area contributed by atoms with Crippen LogP contribution in [0.2, 0.25) is 0 Å². The van der Waals surface area contributed by atoms with Crippen LogP contribution in [0, 0.1) is 23.7 Å². The number of rotatable bonds is 4. The zero-order valence-electron chi connectivity index (χ0n) is 11.9. The van der Waals surface area contributed by atoms with Gasteiger partial charge in [0.15, 0.2) is 5.13 Å². The number of anilines is 1. The number of carbonyl (C=O) groups excluding carboxylic acids is 1. The molecule has 0 aliphatic heterocycles. The predicted octanol–water partition coefficient (Wildman–Crippen LogP) is 2.73. The molecule has 2 aliphatic carbocycles. The van der Waals surface area contributed by atoms with E-state index < -0.39 is 17.8 Å². The molecule has 0 spiro atoms. The minimum Gasteiger partial charge on any atom is -0.481 e. The second-order valence-electron chi connectivity index (χ2n) is 6.06. The molecular weight excluding hydrogens is 288 g/mol. The van der Waals surface area contributed by atoms with Gasteiger partial charge in [-0.25, -0.2) is 4.98 Å². The van der Waals surface area contributed by atoms with Gasteiger partial charge in [0, 0.05) is 5.38 Å². The Morgan fingerprint density at radius 2 is 2.00 bits per heavy atom. The standard InChI is InChI=1S/C15H18N2O3S/c1-7(2)10-6-21-15(16-10)17-13(18)11-8-3-4-9(5-8)12(11)14(19)20/h3-4,6-9,11-12H,5H2,1-2H3,(H,19,20)(H,16,17,18). The third-order valence-corrected chi connectivity index (χ3v) is 5.17. The number of aliphatic carboxylic acids is 1. The molecule has 0 aromatic carbocycles. The molecule has 1 heterocycles. The van der Waals surface area contributed by atoms with Crippen molar-refractivity contribution >= 4 is 28.3 Å². The number of amides is 1. The van der Waals surface area contributed by atoms with Crippen molar-refractivity contribution in [2.45, 2.75) is 26.2 Å². The average molecular weight is 306 g/mol. The van der Waals surface area contributed by atoms with Gasteiger partial charge in [0.2, 0.25) is 5.91 Å². The molecule has 5 nitrogen and oxygen atoms in total. The average Bonchev–Trinajstić information content (AvgIpc) is 3.12. The Morgan fingerprint density at radius 1 is 1.33 bits per heavy atom. The van der Waals surface area contributed by atoms with E-state index in [9.17, 15) is 14.7 Å². The van der Waals surface area contributed by atoms with E-state index in [1.54, 1.807) is 0 Å². The van der Waals surface area contributed by atoms with Crippen LogP contribution in [0.1, 0.15) is 31.9 Å². The van der Waals surface area contributed by atoms with Gasteiger partial charge in [0.05, 0.1) is 17.5 Å². The van der Waals surface area contributed by atoms with E-state index in [0.717, 1.165) is 12.1 Å². The van der Waals surface area contributed by atoms with Crippen molar-refractivity contribution < 1.29 is 14.7 Å². The Hall–Kier alpha value is -1.69. The Morgan fingerprint density at radius 3 is 2.57 bits per heavy atom. The monoisotopic (exact) mass is 306 g/mol. The summed E-state index contributed by atoms with van der Waals surface area (Å²) in [5, 5.41) is 14.7. The van der Waals surface area contributed by atoms with E-state index in [2.05, 4.69) is 10.3 Å². The lowest BCUT2D eigenvalue weighted by molar-refractivity contribution is -0.146. The van der Waals surface area contributed by atoms with Gasteiger partial charge in [-0.3, -0.25) is 9.59 Å². The van der Waals surface area contributed by atoms with E-state index >= 15 is 0 Å². The van der Waals surface area contributed by atoms with E-state index in [-0.39, 0.29) is 17.7 Å². The number of hydrogen-bond acceptors (Lipinski definition) is 4. The Labute approximate surface area is 127 Å². The quantitative estimate of drug-likeness (QED) is 0.838. The van der Waals surface area contributed by atoms with Crippen LogP contribution >= 0.6 is 11.3 Å². The topological polar surface area (TPSA) is 79.3 Å². The van der Waals surface area contributed by atoms with Crippen LogP contribution in [0.25, 0.3) is 0 Å². The minimum absolute atomic E-state index is 0.00855. The number of carboxylic acid groups (broad SMARTS) is 1. The highest BCUT2D eigenvalue weighted by Crippen LogP contribution is 2.48. The molecule has 21 heavy (non-hydrogen) atoms. The SMILES string of the molecule is CC(C)c1csc(NC(=O)C2C3C=CC(C3)C2C(=O)O)n1. The second kappa shape index (κ2) is 5.26. The first-order valence-corrected chi connectivity index (χ1v) is 8.02. The summed E-state index contributed by atoms with van der Waals surface area (Å²) in [7, 11) is 0. The van der Waals surface area contributed by atoms with Crippen molar-refractivity contribution in [3.8, 4) is 0 Å². The number of nitrogens with zero attached hydrogens (tertiary/aromatic N) is 1. The summed E-state index contributed by atoms with van der Waals surface area (Å²) < 4.78 is 0. The van der Waals surface area contributed by atoms with Gasteiger partial charge in [-0.1, -0.05) is 26.0 Å². The van der Waals surface area contributed by atoms with Crippen molar-refractivity contribution in [1.29, 1.82) is 0 Å². The smallest absolute Gasteiger partial charge is 0.307 e. The fraction of sp³-hybridized carbons (Fsp3) is 0.533. The Bertz CT molecular complexity index is 608. The molecule has 6 heteroatoms. The van der Waals surface area contributed by atoms with Crippen LogP contribution in [-0.2, 0) is 9.59 Å². The first-order valence-electron chi connectivity index (χ1n) is 7.14. The fourth-order valence-electron chi connectivity index (χ4n) is 3.31. The number of fused-ring (bicyclic) bond motifs is 2. The lowest BCUT2D eigenvalue weighted by Crippen LogP contribution is -2.36. The summed E-state index contributed by atoms with van der Waals surface area (Å²) >= 11 is 1.39. The highest BCUT2D eigenvalue weighted by Gasteiger charge is 2.51. The first-order chi connectivity index (χ1) is 9.97. The van der Waals surface area contributed by atoms with Crippen molar-refractivity contribution in [3.05, 3.63) is 23.2 Å². The van der Waals surface area contributed by atoms with Crippen LogP contribution in [0.15, 0.2) is 17.5 Å². The van der Waals surface area contributed by atoms with E-state index in [1.165, 1.54) is 11.3 Å². The molecule has 0 radical (unpaired) electrons. The van der Waals surface area contributed by atoms with Crippen LogP contribution in [0.3, 0.4) is 0 Å². The molecular formula is C15H18N2O3S. The number of thiazole rings is 1. The number of carbonyl (C=O) groups is 2. The normalized spacial score (nSPS) is 30.0. The van der Waals surface area contributed by atoms with Gasteiger partial charge in [-0.2, -0.15) is 0 Å². The molecule has 1 aromatic rings. The maximum absolute atomic E-state index is 12.5. The van der Waals surface area contributed by atoms with Crippen LogP contribution in [-0.4, -0.2) is 22.0 Å². The maximum Gasteiger partial charge on any atom is 0.307 e. The molecule has 4 atom stereocenters. The van der Waals surface area contributed by atoms with E-state index in [1.807, 2.05) is 31.4 Å². The summed E-state index contributed by atoms with van der Waals surface area (Å²) in [5.41, 5.74) is 0.943. The van der Waals surface area contributed by atoms with Gasteiger partial charge in [-0.05, 0) is 24.2 Å². The van der Waals surface area contributed by atoms with Crippen molar-refractivity contribution in [2.24, 2.45) is 23.7 Å². The molecule has 0 saturated heterocycles. The number of hydrogen-bond donors (Lipinski definition) is 2. The lowest BCUT2D eigenvalue weighted by Gasteiger charge is -2.23. The maximum atomic E-state index is 12.5. The van der Waals surface area contributed by atoms with Gasteiger partial charge >= 0.3 is 5.97 Å². The highest BCUT2D eigenvalue weighted by molar-refractivity contribution is 7.13. The van der Waals surface area contributed by atoms with Gasteiger partial charge in [-0.15, -0.1) is 11.3 Å². The van der Waals surface area contributed by atoms with E-state index in [0.29, 0.717) is 11.0 Å². The fourth-order valence-corrected chi connectivity index (χ4v) is 4.19. The van der Waals surface area contributed by atoms with Crippen LogP contribution in [0.4, 0.5) is 5.13 Å². The van der Waals surface area contributed by atoms with Crippen molar-refractivity contribution in [2.75, 3.05) is 5.32 Å². The minimum atomic E-state index is -0.881. The summed E-state index contributed by atoms with van der Waals surface area (Å²) in [4.78, 5) is 28.3. The lowest BCUT2D eigenvalue weighted by atomic mass is 9.82. The molecule has 1 fully saturated rings. The van der Waals surface area contributed by atoms with Gasteiger partial charge < -0.3 is 10.4 Å². The first kappa shape index (κ1) is 14.3. The Balaban J connectivity index is 1.75. The van der Waals surface area contributed by atoms with Gasteiger partial charge in [0.25, 0.3) is 0 Å². The summed E-state index contributed by atoms with van der Waals surface area (Å²) in [6.45, 7) is 4.09. The molecule has 2 bridgehead atoms. The van der Waals surface area contributed by atoms with Gasteiger partial charge in [0.1, 0.15) is 0 Å². The second-order valence-corrected chi connectivity index (χ2v) is 6.92. The Kier molecular flexibility index (Phi) is 3.57. The van der Waals surface area contributed by atoms with Crippen molar-refractivity contribution in [1.82, 2.24) is 4.98 Å². The largest absolute Gasteiger partial charge is 0.481 e. The zero-order chi connectivity index (χ0) is 15.1. The molecule has 2 N–H and O–H groups in total. The third-order valence-electron chi connectivity index (χ3n) is 4.39. The zero-order valence-corrected chi connectivity index (χ0v) is 12.8. The summed E-state index contributed by atoms with van der Waals surface area (Å²) in [5.74, 6) is -1.85. The van der Waals surface area contributed by atoms with E-state index in [4.69, 9.17) is 0 Å². The molecule has 3 rings (SSSR count). The third kappa shape index (κ3) is 2.48. The molecule has 1 aromatic heterocycles. The van der Waals surface area contributed by atoms with Crippen molar-refractivity contribution in [3.63, 3.8) is 0 Å². The molecule has 1 amide bonds. The number of aromatic nitrogens is 1. The molecule has 112 valence electrons. The summed E-state index contributed by atoms with van der Waals surface area (Å²) in [6.07, 6.45) is 4.69. The highest BCUT2D eigenvalue weighted by atomic mass is 32.1. The van der Waals surface area contributed by atoms with Crippen LogP contribution < -0.4 is 5.32 Å². The van der Waals surface area contributed by atoms with Crippen LogP contribution in [0.5, 0.6) is 0 Å². The number of carboxylic acids is 1. The molecule has 2 aliphatic rings. The summed E-state index contributed by atoms with van der Waals surface area (Å²) in [6, 6.07) is 0.